The number of rotatable bonds is 11. The summed E-state index contributed by atoms with van der Waals surface area (Å²) in [4.78, 5) is 41.4. The molecule has 0 bridgehead atoms. The lowest BCUT2D eigenvalue weighted by atomic mass is 9.96. The summed E-state index contributed by atoms with van der Waals surface area (Å²) >= 11 is 0. The average Bonchev–Trinajstić information content (AvgIpc) is 3.03. The molecule has 4 aromatic rings. The minimum atomic E-state index is -1.14. The van der Waals surface area contributed by atoms with E-state index in [1.54, 1.807) is 23.1 Å². The van der Waals surface area contributed by atoms with Gasteiger partial charge in [-0.3, -0.25) is 14.5 Å². The van der Waals surface area contributed by atoms with Crippen LogP contribution in [0.25, 0.3) is 0 Å². The highest BCUT2D eigenvalue weighted by atomic mass is 16.5. The van der Waals surface area contributed by atoms with E-state index < -0.39 is 11.9 Å². The number of carbonyl (C=O) groups excluding carboxylic acids is 2. The molecule has 0 spiro atoms. The maximum atomic E-state index is 12.9. The number of piperazine rings is 1. The van der Waals surface area contributed by atoms with Crippen LogP contribution in [0.15, 0.2) is 109 Å². The first kappa shape index (κ1) is 29.7. The Morgan fingerprint density at radius 1 is 0.721 bits per heavy atom. The maximum Gasteiger partial charge on any atom is 0.337 e. The summed E-state index contributed by atoms with van der Waals surface area (Å²) in [6, 6.07) is 35.5. The molecule has 0 aliphatic carbocycles. The van der Waals surface area contributed by atoms with Crippen molar-refractivity contribution in [1.29, 1.82) is 0 Å². The zero-order valence-corrected chi connectivity index (χ0v) is 23.9. The zero-order chi connectivity index (χ0) is 30.0. The molecule has 1 aliphatic heterocycles. The second-order valence-electron chi connectivity index (χ2n) is 10.5. The van der Waals surface area contributed by atoms with Gasteiger partial charge in [0.15, 0.2) is 0 Å². The van der Waals surface area contributed by atoms with Crippen molar-refractivity contribution in [3.05, 3.63) is 137 Å². The van der Waals surface area contributed by atoms with Gasteiger partial charge in [-0.15, -0.1) is 0 Å². The number of carboxylic acids is 1. The number of hydrogen-bond donors (Lipinski definition) is 2. The van der Waals surface area contributed by atoms with E-state index in [-0.39, 0.29) is 36.4 Å². The van der Waals surface area contributed by atoms with Crippen LogP contribution in [-0.2, 0) is 20.7 Å². The Bertz CT molecular complexity index is 1480. The van der Waals surface area contributed by atoms with Crippen LogP contribution < -0.4 is 5.32 Å². The largest absolute Gasteiger partial charge is 0.478 e. The average molecular weight is 578 g/mol. The standard InChI is InChI=1S/C35H35N3O5/c39-32(36-31-17-16-27(23-30(31)35(41)42)22-26-10-4-1-5-11-26)24-43-25-33(40)37-18-20-38(21-19-37)34(28-12-6-2-7-13-28)29-14-8-3-9-15-29/h1-17,23,34H,18-22,24-25H2,(H,36,39)(H,41,42). The van der Waals surface area contributed by atoms with Crippen molar-refractivity contribution in [3.8, 4) is 0 Å². The highest BCUT2D eigenvalue weighted by molar-refractivity contribution is 6.01. The van der Waals surface area contributed by atoms with E-state index in [1.807, 2.05) is 66.7 Å². The fraction of sp³-hybridized carbons (Fsp3) is 0.229. The smallest absolute Gasteiger partial charge is 0.337 e. The van der Waals surface area contributed by atoms with E-state index in [0.717, 1.165) is 11.1 Å². The molecule has 1 fully saturated rings. The van der Waals surface area contributed by atoms with E-state index in [4.69, 9.17) is 4.74 Å². The SMILES string of the molecule is O=C(COCC(=O)N1CCN(C(c2ccccc2)c2ccccc2)CC1)Nc1ccc(Cc2ccccc2)cc1C(=O)O. The maximum absolute atomic E-state index is 12.9. The Balaban J connectivity index is 1.11. The third-order valence-corrected chi connectivity index (χ3v) is 7.56. The summed E-state index contributed by atoms with van der Waals surface area (Å²) < 4.78 is 5.43. The predicted molar refractivity (Wildman–Crippen MR) is 165 cm³/mol. The normalized spacial score (nSPS) is 13.6. The number of ether oxygens (including phenoxy) is 1. The Labute approximate surface area is 251 Å². The van der Waals surface area contributed by atoms with Crippen LogP contribution in [0.3, 0.4) is 0 Å². The fourth-order valence-electron chi connectivity index (χ4n) is 5.44. The number of nitrogens with one attached hydrogen (secondary N) is 1. The molecule has 2 amide bonds. The van der Waals surface area contributed by atoms with Gasteiger partial charge in [-0.2, -0.15) is 0 Å². The molecule has 4 aromatic carbocycles. The summed E-state index contributed by atoms with van der Waals surface area (Å²) in [6.07, 6.45) is 0.577. The number of hydrogen-bond acceptors (Lipinski definition) is 5. The van der Waals surface area contributed by atoms with Crippen LogP contribution in [0.4, 0.5) is 5.69 Å². The lowest BCUT2D eigenvalue weighted by molar-refractivity contribution is -0.139. The van der Waals surface area contributed by atoms with Crippen molar-refractivity contribution in [2.24, 2.45) is 0 Å². The lowest BCUT2D eigenvalue weighted by Crippen LogP contribution is -2.50. The van der Waals surface area contributed by atoms with Gasteiger partial charge < -0.3 is 20.1 Å². The Kier molecular flexibility index (Phi) is 9.94. The summed E-state index contributed by atoms with van der Waals surface area (Å²) in [5.74, 6) is -1.84. The number of anilines is 1. The molecule has 8 nitrogen and oxygen atoms in total. The molecule has 0 radical (unpaired) electrons. The zero-order valence-electron chi connectivity index (χ0n) is 23.9. The van der Waals surface area contributed by atoms with Crippen molar-refractivity contribution in [2.45, 2.75) is 12.5 Å². The monoisotopic (exact) mass is 577 g/mol. The van der Waals surface area contributed by atoms with Crippen LogP contribution in [-0.4, -0.2) is 72.1 Å². The Morgan fingerprint density at radius 2 is 1.30 bits per heavy atom. The summed E-state index contributed by atoms with van der Waals surface area (Å²) in [6.45, 7) is 1.94. The van der Waals surface area contributed by atoms with E-state index >= 15 is 0 Å². The van der Waals surface area contributed by atoms with Gasteiger partial charge in [-0.05, 0) is 40.8 Å². The van der Waals surface area contributed by atoms with Gasteiger partial charge in [0, 0.05) is 26.2 Å². The fourth-order valence-corrected chi connectivity index (χ4v) is 5.44. The van der Waals surface area contributed by atoms with Crippen molar-refractivity contribution in [1.82, 2.24) is 9.80 Å². The molecule has 0 saturated carbocycles. The first-order chi connectivity index (χ1) is 21.0. The number of benzene rings is 4. The molecule has 0 aromatic heterocycles. The minimum Gasteiger partial charge on any atom is -0.478 e. The minimum absolute atomic E-state index is 0.0000353. The molecule has 1 saturated heterocycles. The van der Waals surface area contributed by atoms with E-state index in [2.05, 4.69) is 34.5 Å². The van der Waals surface area contributed by atoms with Crippen molar-refractivity contribution < 1.29 is 24.2 Å². The van der Waals surface area contributed by atoms with Crippen molar-refractivity contribution in [3.63, 3.8) is 0 Å². The third kappa shape index (κ3) is 7.94. The second-order valence-corrected chi connectivity index (χ2v) is 10.5. The quantitative estimate of drug-likeness (QED) is 0.264. The number of carbonyl (C=O) groups is 3. The molecule has 0 atom stereocenters. The molecular weight excluding hydrogens is 542 g/mol. The number of carboxylic acid groups (broad SMARTS) is 1. The van der Waals surface area contributed by atoms with Gasteiger partial charge in [0.05, 0.1) is 17.3 Å². The van der Waals surface area contributed by atoms with Crippen molar-refractivity contribution in [2.75, 3.05) is 44.7 Å². The van der Waals surface area contributed by atoms with Gasteiger partial charge >= 0.3 is 5.97 Å². The molecule has 1 aliphatic rings. The molecule has 5 rings (SSSR count). The Morgan fingerprint density at radius 3 is 1.88 bits per heavy atom. The van der Waals surface area contributed by atoms with Crippen LogP contribution in [0.1, 0.15) is 38.7 Å². The van der Waals surface area contributed by atoms with Gasteiger partial charge in [0.1, 0.15) is 13.2 Å². The molecule has 43 heavy (non-hydrogen) atoms. The summed E-state index contributed by atoms with van der Waals surface area (Å²) in [5.41, 5.74) is 4.48. The highest BCUT2D eigenvalue weighted by Gasteiger charge is 2.28. The predicted octanol–water partition coefficient (Wildman–Crippen LogP) is 4.86. The molecule has 0 unspecified atom stereocenters. The topological polar surface area (TPSA) is 99.2 Å². The van der Waals surface area contributed by atoms with Gasteiger partial charge in [0.25, 0.3) is 0 Å². The van der Waals surface area contributed by atoms with Gasteiger partial charge in [0.2, 0.25) is 11.8 Å². The van der Waals surface area contributed by atoms with E-state index in [9.17, 15) is 19.5 Å². The van der Waals surface area contributed by atoms with Crippen LogP contribution in [0.2, 0.25) is 0 Å². The molecular formula is C35H35N3O5. The molecule has 8 heteroatoms. The molecule has 2 N–H and O–H groups in total. The van der Waals surface area contributed by atoms with E-state index in [0.29, 0.717) is 32.6 Å². The van der Waals surface area contributed by atoms with Crippen molar-refractivity contribution >= 4 is 23.5 Å². The molecule has 220 valence electrons. The first-order valence-electron chi connectivity index (χ1n) is 14.4. The molecule has 1 heterocycles. The van der Waals surface area contributed by atoms with E-state index in [1.165, 1.54) is 11.1 Å². The summed E-state index contributed by atoms with van der Waals surface area (Å²) in [5, 5.41) is 12.3. The number of nitrogens with zero attached hydrogens (tertiary/aromatic N) is 2. The summed E-state index contributed by atoms with van der Waals surface area (Å²) in [7, 11) is 0. The lowest BCUT2D eigenvalue weighted by Gasteiger charge is -2.39. The van der Waals surface area contributed by atoms with Crippen LogP contribution in [0.5, 0.6) is 0 Å². The highest BCUT2D eigenvalue weighted by Crippen LogP contribution is 2.29. The number of amides is 2. The van der Waals surface area contributed by atoms with Gasteiger partial charge in [-0.25, -0.2) is 4.79 Å². The van der Waals surface area contributed by atoms with Crippen LogP contribution in [0, 0.1) is 0 Å². The third-order valence-electron chi connectivity index (χ3n) is 7.56. The van der Waals surface area contributed by atoms with Gasteiger partial charge in [-0.1, -0.05) is 97.1 Å². The number of aromatic carboxylic acids is 1. The second kappa shape index (κ2) is 14.4. The Hall–Kier alpha value is -4.79. The first-order valence-corrected chi connectivity index (χ1v) is 14.4. The van der Waals surface area contributed by atoms with Crippen LogP contribution >= 0.6 is 0 Å².